The first-order valence-corrected chi connectivity index (χ1v) is 12.3. The van der Waals surface area contributed by atoms with Crippen molar-refractivity contribution in [2.24, 2.45) is 0 Å². The number of amides is 1. The summed E-state index contributed by atoms with van der Waals surface area (Å²) in [6.07, 6.45) is 5.14. The Morgan fingerprint density at radius 2 is 1.62 bits per heavy atom. The first kappa shape index (κ1) is 22.4. The van der Waals surface area contributed by atoms with Gasteiger partial charge in [0.05, 0.1) is 5.69 Å². The Hall–Kier alpha value is -3.44. The Bertz CT molecular complexity index is 1170. The van der Waals surface area contributed by atoms with E-state index in [9.17, 15) is 9.59 Å². The summed E-state index contributed by atoms with van der Waals surface area (Å²) in [5.41, 5.74) is 6.04. The molecule has 2 N–H and O–H groups in total. The molecule has 0 unspecified atom stereocenters. The largest absolute Gasteiger partial charge is 0.384 e. The molecule has 3 aromatic carbocycles. The van der Waals surface area contributed by atoms with Gasteiger partial charge in [-0.05, 0) is 79.4 Å². The maximum Gasteiger partial charge on any atom is 0.255 e. The number of Topliss-reactive ketones (excluding diaryl/α,β-unsaturated/α-hetero) is 1. The van der Waals surface area contributed by atoms with Gasteiger partial charge in [0.2, 0.25) is 0 Å². The summed E-state index contributed by atoms with van der Waals surface area (Å²) in [4.78, 5) is 28.1. The molecule has 0 aromatic heterocycles. The Kier molecular flexibility index (Phi) is 6.72. The zero-order valence-corrected chi connectivity index (χ0v) is 19.5. The van der Waals surface area contributed by atoms with Gasteiger partial charge in [0, 0.05) is 36.3 Å². The molecule has 0 spiro atoms. The number of ketones is 1. The molecular weight excluding hydrogens is 422 g/mol. The SMILES string of the molecule is O=C(Nc1ccc(-c2ccccc2)c2c1C(=O)CC2)c1ccc(NCCN2CCCCC2)cc1. The highest BCUT2D eigenvalue weighted by atomic mass is 16.1. The van der Waals surface area contributed by atoms with Crippen molar-refractivity contribution in [1.29, 1.82) is 0 Å². The molecule has 2 aliphatic rings. The number of hydrogen-bond donors (Lipinski definition) is 2. The number of nitrogens with zero attached hydrogens (tertiary/aromatic N) is 1. The fraction of sp³-hybridized carbons (Fsp3) is 0.310. The maximum atomic E-state index is 13.0. The molecule has 0 radical (unpaired) electrons. The molecule has 1 fully saturated rings. The fourth-order valence-electron chi connectivity index (χ4n) is 5.06. The van der Waals surface area contributed by atoms with Crippen LogP contribution in [0.5, 0.6) is 0 Å². The van der Waals surface area contributed by atoms with Crippen molar-refractivity contribution in [2.45, 2.75) is 32.1 Å². The van der Waals surface area contributed by atoms with Crippen molar-refractivity contribution in [1.82, 2.24) is 4.90 Å². The van der Waals surface area contributed by atoms with E-state index in [2.05, 4.69) is 27.7 Å². The minimum Gasteiger partial charge on any atom is -0.384 e. The van der Waals surface area contributed by atoms with Crippen LogP contribution in [0, 0.1) is 0 Å². The van der Waals surface area contributed by atoms with E-state index in [1.165, 1.54) is 32.4 Å². The lowest BCUT2D eigenvalue weighted by molar-refractivity contribution is 0.0995. The second kappa shape index (κ2) is 10.2. The van der Waals surface area contributed by atoms with Gasteiger partial charge in [-0.25, -0.2) is 0 Å². The average molecular weight is 454 g/mol. The van der Waals surface area contributed by atoms with Crippen LogP contribution < -0.4 is 10.6 Å². The second-order valence-corrected chi connectivity index (χ2v) is 9.16. The number of carbonyl (C=O) groups is 2. The van der Waals surface area contributed by atoms with E-state index >= 15 is 0 Å². The van der Waals surface area contributed by atoms with Crippen LogP contribution >= 0.6 is 0 Å². The predicted molar refractivity (Wildman–Crippen MR) is 138 cm³/mol. The number of rotatable bonds is 7. The van der Waals surface area contributed by atoms with Crippen LogP contribution in [0.25, 0.3) is 11.1 Å². The summed E-state index contributed by atoms with van der Waals surface area (Å²) in [5.74, 6) is -0.106. The highest BCUT2D eigenvalue weighted by molar-refractivity contribution is 6.12. The molecule has 5 heteroatoms. The molecule has 1 heterocycles. The standard InChI is InChI=1S/C29H31N3O2/c33-27-16-14-25-24(21-7-3-1-4-8-21)13-15-26(28(25)27)31-29(34)22-9-11-23(12-10-22)30-17-20-32-18-5-2-6-19-32/h1,3-4,7-13,15,30H,2,5-6,14,16-20H2,(H,31,34). The molecular formula is C29H31N3O2. The minimum absolute atomic E-state index is 0.0938. The molecule has 0 bridgehead atoms. The summed E-state index contributed by atoms with van der Waals surface area (Å²) in [7, 11) is 0. The van der Waals surface area contributed by atoms with E-state index in [1.54, 1.807) is 0 Å². The van der Waals surface area contributed by atoms with E-state index in [0.29, 0.717) is 29.7 Å². The van der Waals surface area contributed by atoms with E-state index in [-0.39, 0.29) is 11.7 Å². The lowest BCUT2D eigenvalue weighted by atomic mass is 9.95. The number of hydrogen-bond acceptors (Lipinski definition) is 4. The van der Waals surface area contributed by atoms with Gasteiger partial charge in [0.25, 0.3) is 5.91 Å². The number of anilines is 2. The smallest absolute Gasteiger partial charge is 0.255 e. The molecule has 0 saturated carbocycles. The van der Waals surface area contributed by atoms with Crippen molar-refractivity contribution in [3.63, 3.8) is 0 Å². The zero-order valence-electron chi connectivity index (χ0n) is 19.5. The summed E-state index contributed by atoms with van der Waals surface area (Å²) >= 11 is 0. The van der Waals surface area contributed by atoms with Crippen molar-refractivity contribution >= 4 is 23.1 Å². The normalized spacial score (nSPS) is 15.7. The fourth-order valence-corrected chi connectivity index (χ4v) is 5.06. The van der Waals surface area contributed by atoms with E-state index < -0.39 is 0 Å². The minimum atomic E-state index is -0.200. The Morgan fingerprint density at radius 1 is 0.853 bits per heavy atom. The van der Waals surface area contributed by atoms with E-state index in [4.69, 9.17) is 0 Å². The molecule has 5 nitrogen and oxygen atoms in total. The van der Waals surface area contributed by atoms with Crippen molar-refractivity contribution < 1.29 is 9.59 Å². The van der Waals surface area contributed by atoms with E-state index in [0.717, 1.165) is 35.5 Å². The van der Waals surface area contributed by atoms with Gasteiger partial charge in [-0.15, -0.1) is 0 Å². The molecule has 174 valence electrons. The molecule has 1 aliphatic heterocycles. The summed E-state index contributed by atoms with van der Waals surface area (Å²) in [6.45, 7) is 4.33. The van der Waals surface area contributed by atoms with Crippen LogP contribution in [0.15, 0.2) is 66.7 Å². The molecule has 1 saturated heterocycles. The van der Waals surface area contributed by atoms with Crippen molar-refractivity contribution in [2.75, 3.05) is 36.8 Å². The number of carbonyl (C=O) groups excluding carboxylic acids is 2. The van der Waals surface area contributed by atoms with Gasteiger partial charge in [0.15, 0.2) is 5.78 Å². The summed E-state index contributed by atoms with van der Waals surface area (Å²) < 4.78 is 0. The van der Waals surface area contributed by atoms with Crippen LogP contribution in [0.2, 0.25) is 0 Å². The topological polar surface area (TPSA) is 61.4 Å². The van der Waals surface area contributed by atoms with Crippen LogP contribution in [-0.4, -0.2) is 42.8 Å². The van der Waals surface area contributed by atoms with Gasteiger partial charge < -0.3 is 15.5 Å². The highest BCUT2D eigenvalue weighted by Crippen LogP contribution is 2.37. The number of benzene rings is 3. The summed E-state index contributed by atoms with van der Waals surface area (Å²) in [5, 5.41) is 6.44. The van der Waals surface area contributed by atoms with Gasteiger partial charge in [-0.3, -0.25) is 9.59 Å². The summed E-state index contributed by atoms with van der Waals surface area (Å²) in [6, 6.07) is 21.5. The lowest BCUT2D eigenvalue weighted by Crippen LogP contribution is -2.33. The first-order valence-electron chi connectivity index (χ1n) is 12.3. The molecule has 34 heavy (non-hydrogen) atoms. The monoisotopic (exact) mass is 453 g/mol. The van der Waals surface area contributed by atoms with Gasteiger partial charge in [-0.2, -0.15) is 0 Å². The van der Waals surface area contributed by atoms with Gasteiger partial charge >= 0.3 is 0 Å². The highest BCUT2D eigenvalue weighted by Gasteiger charge is 2.27. The quantitative estimate of drug-likeness (QED) is 0.487. The van der Waals surface area contributed by atoms with Crippen molar-refractivity contribution in [3.8, 4) is 11.1 Å². The van der Waals surface area contributed by atoms with Crippen LogP contribution in [0.3, 0.4) is 0 Å². The second-order valence-electron chi connectivity index (χ2n) is 9.16. The van der Waals surface area contributed by atoms with Gasteiger partial charge in [-0.1, -0.05) is 42.8 Å². The average Bonchev–Trinajstić information content (AvgIpc) is 3.28. The van der Waals surface area contributed by atoms with Crippen molar-refractivity contribution in [3.05, 3.63) is 83.4 Å². The lowest BCUT2D eigenvalue weighted by Gasteiger charge is -2.26. The third-order valence-electron chi connectivity index (χ3n) is 6.88. The molecule has 0 atom stereocenters. The maximum absolute atomic E-state index is 13.0. The predicted octanol–water partition coefficient (Wildman–Crippen LogP) is 5.63. The van der Waals surface area contributed by atoms with Crippen LogP contribution in [0.4, 0.5) is 11.4 Å². The number of fused-ring (bicyclic) bond motifs is 1. The Balaban J connectivity index is 1.25. The Labute approximate surface area is 201 Å². The molecule has 3 aromatic rings. The number of piperidine rings is 1. The van der Waals surface area contributed by atoms with E-state index in [1.807, 2.05) is 54.6 Å². The third-order valence-corrected chi connectivity index (χ3v) is 6.88. The van der Waals surface area contributed by atoms with Crippen LogP contribution in [-0.2, 0) is 6.42 Å². The molecule has 5 rings (SSSR count). The third kappa shape index (κ3) is 4.90. The first-order chi connectivity index (χ1) is 16.7. The number of likely N-dealkylation sites (tertiary alicyclic amines) is 1. The number of nitrogens with one attached hydrogen (secondary N) is 2. The Morgan fingerprint density at radius 3 is 2.38 bits per heavy atom. The van der Waals surface area contributed by atoms with Gasteiger partial charge in [0.1, 0.15) is 0 Å². The van der Waals surface area contributed by atoms with Crippen LogP contribution in [0.1, 0.15) is 52.0 Å². The zero-order chi connectivity index (χ0) is 23.3. The molecule has 1 aliphatic carbocycles. The molecule has 1 amide bonds.